The summed E-state index contributed by atoms with van der Waals surface area (Å²) in [5.74, 6) is 0.230. The van der Waals surface area contributed by atoms with E-state index in [9.17, 15) is 22.8 Å². The summed E-state index contributed by atoms with van der Waals surface area (Å²) in [4.78, 5) is 33.4. The summed E-state index contributed by atoms with van der Waals surface area (Å²) in [6, 6.07) is 20.2. The predicted molar refractivity (Wildman–Crippen MR) is 146 cm³/mol. The van der Waals surface area contributed by atoms with E-state index in [1.54, 1.807) is 30.7 Å². The van der Waals surface area contributed by atoms with E-state index in [-0.39, 0.29) is 5.78 Å². The number of anilines is 1. The van der Waals surface area contributed by atoms with E-state index in [0.717, 1.165) is 28.0 Å². The van der Waals surface area contributed by atoms with Gasteiger partial charge in [0.1, 0.15) is 12.2 Å². The number of benzene rings is 3. The Morgan fingerprint density at radius 1 is 0.925 bits per heavy atom. The van der Waals surface area contributed by atoms with Crippen LogP contribution in [0.5, 0.6) is 0 Å². The number of imidazole rings is 2. The number of rotatable bonds is 9. The number of Topliss-reactive ketones (excluding diaryl/α,β-unsaturated/α-hetero) is 1. The highest BCUT2D eigenvalue weighted by Gasteiger charge is 2.27. The lowest BCUT2D eigenvalue weighted by Crippen LogP contribution is -2.16. The minimum atomic E-state index is -4.38. The van der Waals surface area contributed by atoms with Crippen molar-refractivity contribution in [1.29, 1.82) is 0 Å². The van der Waals surface area contributed by atoms with E-state index in [1.165, 1.54) is 0 Å². The first-order valence-corrected chi connectivity index (χ1v) is 12.7. The maximum absolute atomic E-state index is 12.6. The van der Waals surface area contributed by atoms with Crippen molar-refractivity contribution in [2.45, 2.75) is 31.9 Å². The first-order chi connectivity index (χ1) is 19.2. The lowest BCUT2D eigenvalue weighted by atomic mass is 10.0. The second-order valence-electron chi connectivity index (χ2n) is 9.49. The molecule has 10 heteroatoms. The van der Waals surface area contributed by atoms with Gasteiger partial charge in [-0.2, -0.15) is 13.2 Å². The number of amides is 1. The number of hydrogen-bond acceptors (Lipinski definition) is 4. The van der Waals surface area contributed by atoms with Gasteiger partial charge in [0.05, 0.1) is 17.5 Å². The number of carbonyl (C=O) groups excluding carboxylic acids is 2. The number of nitrogens with zero attached hydrogens (tertiary/aromatic N) is 4. The third-order valence-electron chi connectivity index (χ3n) is 6.63. The molecule has 0 radical (unpaired) electrons. The highest BCUT2D eigenvalue weighted by molar-refractivity contribution is 5.96. The molecular weight excluding hydrogens is 519 g/mol. The summed E-state index contributed by atoms with van der Waals surface area (Å²) in [7, 11) is 1.91. The van der Waals surface area contributed by atoms with Gasteiger partial charge in [0, 0.05) is 55.6 Å². The fourth-order valence-corrected chi connectivity index (χ4v) is 4.47. The molecule has 0 fully saturated rings. The maximum atomic E-state index is 12.6. The summed E-state index contributed by atoms with van der Waals surface area (Å²) >= 11 is 0. The van der Waals surface area contributed by atoms with E-state index in [4.69, 9.17) is 0 Å². The van der Waals surface area contributed by atoms with E-state index < -0.39 is 24.9 Å². The van der Waals surface area contributed by atoms with Crippen molar-refractivity contribution >= 4 is 28.4 Å². The van der Waals surface area contributed by atoms with Crippen LogP contribution in [0, 0.1) is 0 Å². The highest BCUT2D eigenvalue weighted by Crippen LogP contribution is 2.27. The Labute approximate surface area is 228 Å². The van der Waals surface area contributed by atoms with Crippen LogP contribution in [0.3, 0.4) is 0 Å². The summed E-state index contributed by atoms with van der Waals surface area (Å²) in [5, 5.41) is 2.52. The molecule has 0 saturated carbocycles. The van der Waals surface area contributed by atoms with Crippen molar-refractivity contribution < 1.29 is 22.8 Å². The molecule has 0 unspecified atom stereocenters. The topological polar surface area (TPSA) is 81.8 Å². The van der Waals surface area contributed by atoms with Gasteiger partial charge < -0.3 is 9.88 Å². The number of halogens is 3. The molecule has 0 aliphatic carbocycles. The molecule has 7 nitrogen and oxygen atoms in total. The van der Waals surface area contributed by atoms with Crippen LogP contribution in [-0.2, 0) is 18.3 Å². The lowest BCUT2D eigenvalue weighted by Gasteiger charge is -2.10. The molecule has 5 rings (SSSR count). The average molecular weight is 546 g/mol. The van der Waals surface area contributed by atoms with Gasteiger partial charge in [-0.3, -0.25) is 14.2 Å². The molecule has 5 aromatic rings. The molecule has 1 N–H and O–H groups in total. The number of carbonyl (C=O) groups is 2. The molecule has 0 aliphatic heterocycles. The zero-order valence-electron chi connectivity index (χ0n) is 21.7. The standard InChI is InChI=1S/C30H26F3N5O2/c1-37-16-15-34-28(37)12-11-27(39)21-7-5-20(6-8-21)22-9-10-26-25(17-22)35-19-38(26)24-4-2-3-23(18-24)36-29(40)13-14-30(31,32)33/h2-10,15-19H,11-14H2,1H3,(H,36,40). The number of ketones is 1. The lowest BCUT2D eigenvalue weighted by molar-refractivity contribution is -0.142. The Balaban J connectivity index is 1.28. The van der Waals surface area contributed by atoms with Gasteiger partial charge in [0.2, 0.25) is 5.91 Å². The monoisotopic (exact) mass is 545 g/mol. The number of alkyl halides is 3. The molecular formula is C30H26F3N5O2. The molecule has 0 spiro atoms. The number of aryl methyl sites for hydroxylation is 2. The molecule has 40 heavy (non-hydrogen) atoms. The largest absolute Gasteiger partial charge is 0.389 e. The molecule has 0 aliphatic rings. The minimum absolute atomic E-state index is 0.0579. The zero-order chi connectivity index (χ0) is 28.3. The van der Waals surface area contributed by atoms with Crippen LogP contribution in [0.4, 0.5) is 18.9 Å². The summed E-state index contributed by atoms with van der Waals surface area (Å²) in [5.41, 5.74) is 5.21. The molecule has 3 aromatic carbocycles. The first-order valence-electron chi connectivity index (χ1n) is 12.7. The van der Waals surface area contributed by atoms with E-state index in [1.807, 2.05) is 70.9 Å². The molecule has 0 atom stereocenters. The third kappa shape index (κ3) is 6.28. The smallest absolute Gasteiger partial charge is 0.338 e. The van der Waals surface area contributed by atoms with Crippen LogP contribution < -0.4 is 5.32 Å². The maximum Gasteiger partial charge on any atom is 0.389 e. The number of hydrogen-bond donors (Lipinski definition) is 1. The molecule has 0 saturated heterocycles. The Hall–Kier alpha value is -4.73. The molecule has 1 amide bonds. The average Bonchev–Trinajstić information content (AvgIpc) is 3.55. The Morgan fingerprint density at radius 3 is 2.42 bits per heavy atom. The number of nitrogens with one attached hydrogen (secondary N) is 1. The second-order valence-corrected chi connectivity index (χ2v) is 9.49. The Kier molecular flexibility index (Phi) is 7.50. The second kappa shape index (κ2) is 11.2. The zero-order valence-corrected chi connectivity index (χ0v) is 21.7. The van der Waals surface area contributed by atoms with Crippen LogP contribution in [0.1, 0.15) is 35.4 Å². The highest BCUT2D eigenvalue weighted by atomic mass is 19.4. The first kappa shape index (κ1) is 26.9. The van der Waals surface area contributed by atoms with Gasteiger partial charge in [-0.25, -0.2) is 9.97 Å². The summed E-state index contributed by atoms with van der Waals surface area (Å²) < 4.78 is 41.0. The molecule has 2 heterocycles. The molecule has 204 valence electrons. The van der Waals surface area contributed by atoms with Gasteiger partial charge in [-0.05, 0) is 41.5 Å². The summed E-state index contributed by atoms with van der Waals surface area (Å²) in [6.07, 6.45) is 0.0103. The van der Waals surface area contributed by atoms with Crippen molar-refractivity contribution in [2.75, 3.05) is 5.32 Å². The van der Waals surface area contributed by atoms with Gasteiger partial charge in [0.25, 0.3) is 0 Å². The summed E-state index contributed by atoms with van der Waals surface area (Å²) in [6.45, 7) is 0. The van der Waals surface area contributed by atoms with Crippen molar-refractivity contribution in [3.63, 3.8) is 0 Å². The SMILES string of the molecule is Cn1ccnc1CCC(=O)c1ccc(-c2ccc3c(c2)ncn3-c2cccc(NC(=O)CCC(F)(F)F)c2)cc1. The molecule has 0 bridgehead atoms. The minimum Gasteiger partial charge on any atom is -0.338 e. The van der Waals surface area contributed by atoms with Crippen molar-refractivity contribution in [2.24, 2.45) is 7.05 Å². The van der Waals surface area contributed by atoms with E-state index >= 15 is 0 Å². The van der Waals surface area contributed by atoms with Gasteiger partial charge >= 0.3 is 6.18 Å². The van der Waals surface area contributed by atoms with Crippen LogP contribution in [0.15, 0.2) is 85.5 Å². The van der Waals surface area contributed by atoms with Crippen molar-refractivity contribution in [3.05, 3.63) is 96.8 Å². The van der Waals surface area contributed by atoms with E-state index in [0.29, 0.717) is 29.8 Å². The third-order valence-corrected chi connectivity index (χ3v) is 6.63. The van der Waals surface area contributed by atoms with Crippen molar-refractivity contribution in [1.82, 2.24) is 19.1 Å². The fraction of sp³-hybridized carbons (Fsp3) is 0.200. The van der Waals surface area contributed by atoms with Crippen LogP contribution in [0.2, 0.25) is 0 Å². The Bertz CT molecular complexity index is 1670. The normalized spacial score (nSPS) is 11.6. The fourth-order valence-electron chi connectivity index (χ4n) is 4.47. The quantitative estimate of drug-likeness (QED) is 0.214. The number of aromatic nitrogens is 4. The van der Waals surface area contributed by atoms with E-state index in [2.05, 4.69) is 15.3 Å². The van der Waals surface area contributed by atoms with Crippen LogP contribution in [0.25, 0.3) is 27.8 Å². The van der Waals surface area contributed by atoms with Crippen LogP contribution >= 0.6 is 0 Å². The van der Waals surface area contributed by atoms with Gasteiger partial charge in [0.15, 0.2) is 5.78 Å². The Morgan fingerprint density at radius 2 is 1.70 bits per heavy atom. The van der Waals surface area contributed by atoms with Gasteiger partial charge in [-0.1, -0.05) is 36.4 Å². The van der Waals surface area contributed by atoms with Crippen LogP contribution in [-0.4, -0.2) is 37.0 Å². The molecule has 2 aromatic heterocycles. The van der Waals surface area contributed by atoms with Crippen molar-refractivity contribution in [3.8, 4) is 16.8 Å². The number of fused-ring (bicyclic) bond motifs is 1. The van der Waals surface area contributed by atoms with Gasteiger partial charge in [-0.15, -0.1) is 0 Å². The predicted octanol–water partition coefficient (Wildman–Crippen LogP) is 6.52.